The predicted octanol–water partition coefficient (Wildman–Crippen LogP) is 3.08. The van der Waals surface area contributed by atoms with Crippen LogP contribution in [0.15, 0.2) is 47.0 Å². The molecule has 0 saturated heterocycles. The SMILES string of the molecule is Fc1cccc(-c2nnc(-c3cccnc3F)o2)c1. The van der Waals surface area contributed by atoms with Gasteiger partial charge in [-0.1, -0.05) is 6.07 Å². The molecule has 0 radical (unpaired) electrons. The molecule has 1 aromatic carbocycles. The molecule has 0 amide bonds. The quantitative estimate of drug-likeness (QED) is 0.663. The summed E-state index contributed by atoms with van der Waals surface area (Å²) in [6.07, 6.45) is 1.32. The van der Waals surface area contributed by atoms with Crippen molar-refractivity contribution in [3.63, 3.8) is 0 Å². The van der Waals surface area contributed by atoms with Crippen LogP contribution >= 0.6 is 0 Å². The van der Waals surface area contributed by atoms with E-state index >= 15 is 0 Å². The predicted molar refractivity (Wildman–Crippen MR) is 62.9 cm³/mol. The molecule has 4 nitrogen and oxygen atoms in total. The molecule has 0 unspecified atom stereocenters. The van der Waals surface area contributed by atoms with Crippen LogP contribution in [0.5, 0.6) is 0 Å². The largest absolute Gasteiger partial charge is 0.416 e. The average molecular weight is 259 g/mol. The second-order valence-corrected chi connectivity index (χ2v) is 3.76. The fourth-order valence-electron chi connectivity index (χ4n) is 1.62. The molecule has 3 rings (SSSR count). The van der Waals surface area contributed by atoms with Crippen LogP contribution in [0.25, 0.3) is 22.9 Å². The Balaban J connectivity index is 2.03. The average Bonchev–Trinajstić information content (AvgIpc) is 2.89. The smallest absolute Gasteiger partial charge is 0.252 e. The van der Waals surface area contributed by atoms with Crippen LogP contribution in [0.4, 0.5) is 8.78 Å². The molecule has 0 fully saturated rings. The molecule has 0 aliphatic heterocycles. The normalized spacial score (nSPS) is 10.6. The lowest BCUT2D eigenvalue weighted by molar-refractivity contribution is 0.555. The zero-order chi connectivity index (χ0) is 13.2. The van der Waals surface area contributed by atoms with Gasteiger partial charge >= 0.3 is 0 Å². The number of rotatable bonds is 2. The van der Waals surface area contributed by atoms with Gasteiger partial charge in [0.2, 0.25) is 11.8 Å². The minimum Gasteiger partial charge on any atom is -0.416 e. The maximum absolute atomic E-state index is 13.5. The number of benzene rings is 1. The highest BCUT2D eigenvalue weighted by Gasteiger charge is 2.14. The molecule has 2 aromatic heterocycles. The molecule has 94 valence electrons. The number of pyridine rings is 1. The van der Waals surface area contributed by atoms with Crippen molar-refractivity contribution in [3.8, 4) is 22.9 Å². The molecule has 0 aliphatic carbocycles. The minimum absolute atomic E-state index is 0.00450. The third-order valence-corrected chi connectivity index (χ3v) is 2.49. The first kappa shape index (κ1) is 11.5. The van der Waals surface area contributed by atoms with Gasteiger partial charge in [-0.15, -0.1) is 10.2 Å². The van der Waals surface area contributed by atoms with Crippen molar-refractivity contribution in [2.45, 2.75) is 0 Å². The second kappa shape index (κ2) is 4.56. The molecule has 6 heteroatoms. The van der Waals surface area contributed by atoms with Crippen molar-refractivity contribution in [3.05, 3.63) is 54.4 Å². The van der Waals surface area contributed by atoms with E-state index in [4.69, 9.17) is 4.42 Å². The van der Waals surface area contributed by atoms with E-state index in [2.05, 4.69) is 15.2 Å². The van der Waals surface area contributed by atoms with E-state index in [-0.39, 0.29) is 17.3 Å². The van der Waals surface area contributed by atoms with Gasteiger partial charge in [0.05, 0.1) is 5.56 Å². The van der Waals surface area contributed by atoms with Gasteiger partial charge < -0.3 is 4.42 Å². The Kier molecular flexibility index (Phi) is 2.75. The van der Waals surface area contributed by atoms with E-state index in [0.29, 0.717) is 5.56 Å². The molecule has 0 N–H and O–H groups in total. The van der Waals surface area contributed by atoms with E-state index in [9.17, 15) is 8.78 Å². The van der Waals surface area contributed by atoms with Crippen LogP contribution in [0.3, 0.4) is 0 Å². The lowest BCUT2D eigenvalue weighted by Gasteiger charge is -1.96. The lowest BCUT2D eigenvalue weighted by atomic mass is 10.2. The monoisotopic (exact) mass is 259 g/mol. The van der Waals surface area contributed by atoms with E-state index < -0.39 is 11.8 Å². The van der Waals surface area contributed by atoms with E-state index in [1.807, 2.05) is 0 Å². The third kappa shape index (κ3) is 2.20. The third-order valence-electron chi connectivity index (χ3n) is 2.49. The summed E-state index contributed by atoms with van der Waals surface area (Å²) in [5, 5.41) is 7.50. The standard InChI is InChI=1S/C13H7F2N3O/c14-9-4-1-3-8(7-9)12-17-18-13(19-12)10-5-2-6-16-11(10)15/h1-7H. The summed E-state index contributed by atoms with van der Waals surface area (Å²) in [7, 11) is 0. The first-order chi connectivity index (χ1) is 9.24. The van der Waals surface area contributed by atoms with Gasteiger partial charge in [0.15, 0.2) is 0 Å². The van der Waals surface area contributed by atoms with Gasteiger partial charge in [-0.3, -0.25) is 0 Å². The number of halogens is 2. The maximum Gasteiger partial charge on any atom is 0.252 e. The highest BCUT2D eigenvalue weighted by molar-refractivity contribution is 5.57. The first-order valence-electron chi connectivity index (χ1n) is 5.44. The van der Waals surface area contributed by atoms with Crippen molar-refractivity contribution in [2.24, 2.45) is 0 Å². The molecule has 0 bridgehead atoms. The second-order valence-electron chi connectivity index (χ2n) is 3.76. The molecular formula is C13H7F2N3O. The van der Waals surface area contributed by atoms with Gasteiger partial charge in [0.1, 0.15) is 5.82 Å². The Morgan fingerprint density at radius 1 is 0.947 bits per heavy atom. The Hall–Kier alpha value is -2.63. The molecule has 0 spiro atoms. The van der Waals surface area contributed by atoms with Crippen LogP contribution in [-0.4, -0.2) is 15.2 Å². The maximum atomic E-state index is 13.5. The van der Waals surface area contributed by atoms with E-state index in [0.717, 1.165) is 0 Å². The summed E-state index contributed by atoms with van der Waals surface area (Å²) in [4.78, 5) is 3.50. The molecule has 0 aliphatic rings. The number of nitrogens with zero attached hydrogens (tertiary/aromatic N) is 3. The molecule has 2 heterocycles. The van der Waals surface area contributed by atoms with Gasteiger partial charge in [0, 0.05) is 11.8 Å². The molecule has 0 saturated carbocycles. The van der Waals surface area contributed by atoms with Crippen molar-refractivity contribution in [1.82, 2.24) is 15.2 Å². The number of hydrogen-bond donors (Lipinski definition) is 0. The highest BCUT2D eigenvalue weighted by Crippen LogP contribution is 2.24. The fraction of sp³-hybridized carbons (Fsp3) is 0. The fourth-order valence-corrected chi connectivity index (χ4v) is 1.62. The summed E-state index contributed by atoms with van der Waals surface area (Å²) in [5.74, 6) is -0.982. The van der Waals surface area contributed by atoms with Gasteiger partial charge in [-0.2, -0.15) is 4.39 Å². The van der Waals surface area contributed by atoms with Crippen molar-refractivity contribution in [1.29, 1.82) is 0 Å². The zero-order valence-corrected chi connectivity index (χ0v) is 9.55. The Morgan fingerprint density at radius 2 is 1.79 bits per heavy atom. The summed E-state index contributed by atoms with van der Waals surface area (Å²) in [6, 6.07) is 8.76. The van der Waals surface area contributed by atoms with Gasteiger partial charge in [0.25, 0.3) is 5.89 Å². The molecule has 19 heavy (non-hydrogen) atoms. The van der Waals surface area contributed by atoms with E-state index in [1.54, 1.807) is 12.1 Å². The molecule has 0 atom stereocenters. The van der Waals surface area contributed by atoms with Crippen molar-refractivity contribution in [2.75, 3.05) is 0 Å². The summed E-state index contributed by atoms with van der Waals surface area (Å²) in [6.45, 7) is 0. The minimum atomic E-state index is -0.697. The lowest BCUT2D eigenvalue weighted by Crippen LogP contribution is -1.87. The van der Waals surface area contributed by atoms with Gasteiger partial charge in [-0.25, -0.2) is 9.37 Å². The van der Waals surface area contributed by atoms with Crippen molar-refractivity contribution < 1.29 is 13.2 Å². The summed E-state index contributed by atoms with van der Waals surface area (Å²) >= 11 is 0. The Labute approximate surface area is 106 Å². The Bertz CT molecular complexity index is 727. The topological polar surface area (TPSA) is 51.8 Å². The van der Waals surface area contributed by atoms with Crippen molar-refractivity contribution >= 4 is 0 Å². The summed E-state index contributed by atoms with van der Waals surface area (Å²) in [5.41, 5.74) is 0.542. The summed E-state index contributed by atoms with van der Waals surface area (Å²) < 4.78 is 31.9. The van der Waals surface area contributed by atoms with Crippen LogP contribution in [0.1, 0.15) is 0 Å². The molecule has 3 aromatic rings. The van der Waals surface area contributed by atoms with E-state index in [1.165, 1.54) is 30.5 Å². The number of hydrogen-bond acceptors (Lipinski definition) is 4. The van der Waals surface area contributed by atoms with Gasteiger partial charge in [-0.05, 0) is 30.3 Å². The number of aromatic nitrogens is 3. The zero-order valence-electron chi connectivity index (χ0n) is 9.55. The van der Waals surface area contributed by atoms with Crippen LogP contribution in [-0.2, 0) is 0 Å². The highest BCUT2D eigenvalue weighted by atomic mass is 19.1. The van der Waals surface area contributed by atoms with Crippen LogP contribution in [0, 0.1) is 11.8 Å². The van der Waals surface area contributed by atoms with Crippen LogP contribution < -0.4 is 0 Å². The van der Waals surface area contributed by atoms with Crippen LogP contribution in [0.2, 0.25) is 0 Å². The Morgan fingerprint density at radius 3 is 2.58 bits per heavy atom. The first-order valence-corrected chi connectivity index (χ1v) is 5.44. The molecular weight excluding hydrogens is 252 g/mol.